The molecule has 2 aromatic carbocycles. The molecule has 214 valence electrons. The standard InChI is InChI=1S/C31H33N3O7/c1-33(2)20-14-16(11-10-15-8-6-5-7-9-15)25(35)22-18(20)12-17-13-19-24(34(3)4)27(37)23(30(32)40)29(39)31(19,41)28(38)21(17)26(22)36/h5-11,14,17,19,24,35,37-38,41H,12-13H2,1-4H3,(H2,32,40)/b11-10+/t17-,19-,24-,31-/m0/s1. The number of nitrogens with zero attached hydrogens (tertiary/aromatic N) is 2. The number of carbonyl (C=O) groups excluding carboxylic acids is 3. The fraction of sp³-hybridized carbons (Fsp3) is 0.323. The summed E-state index contributed by atoms with van der Waals surface area (Å²) in [6.45, 7) is 0. The molecule has 1 amide bonds. The molecule has 41 heavy (non-hydrogen) atoms. The van der Waals surface area contributed by atoms with Gasteiger partial charge in [-0.3, -0.25) is 19.3 Å². The van der Waals surface area contributed by atoms with Crippen molar-refractivity contribution in [2.45, 2.75) is 24.5 Å². The van der Waals surface area contributed by atoms with Crippen LogP contribution in [0.25, 0.3) is 12.2 Å². The smallest absolute Gasteiger partial charge is 0.255 e. The number of nitrogens with two attached hydrogens (primary N) is 1. The van der Waals surface area contributed by atoms with Gasteiger partial charge in [-0.1, -0.05) is 42.5 Å². The summed E-state index contributed by atoms with van der Waals surface area (Å²) in [7, 11) is 6.83. The second-order valence-electron chi connectivity index (χ2n) is 11.3. The van der Waals surface area contributed by atoms with Crippen LogP contribution in [0.5, 0.6) is 5.75 Å². The predicted octanol–water partition coefficient (Wildman–Crippen LogP) is 2.36. The highest BCUT2D eigenvalue weighted by atomic mass is 16.3. The van der Waals surface area contributed by atoms with Crippen LogP contribution in [-0.4, -0.2) is 82.6 Å². The number of phenolic OH excluding ortho intramolecular Hbond substituents is 1. The van der Waals surface area contributed by atoms with Crippen LogP contribution in [0.3, 0.4) is 0 Å². The monoisotopic (exact) mass is 559 g/mol. The lowest BCUT2D eigenvalue weighted by molar-refractivity contribution is -0.148. The van der Waals surface area contributed by atoms with E-state index in [1.165, 1.54) is 4.90 Å². The van der Waals surface area contributed by atoms with E-state index >= 15 is 0 Å². The molecule has 4 atom stereocenters. The van der Waals surface area contributed by atoms with E-state index in [0.717, 1.165) is 5.56 Å². The van der Waals surface area contributed by atoms with Crippen LogP contribution in [0, 0.1) is 11.8 Å². The van der Waals surface area contributed by atoms with Crippen molar-refractivity contribution in [1.29, 1.82) is 0 Å². The molecule has 0 radical (unpaired) electrons. The van der Waals surface area contributed by atoms with Crippen LogP contribution in [0.2, 0.25) is 0 Å². The third-order valence-corrected chi connectivity index (χ3v) is 8.47. The molecule has 0 saturated carbocycles. The number of rotatable bonds is 5. The normalized spacial score (nSPS) is 25.9. The van der Waals surface area contributed by atoms with Gasteiger partial charge in [0.05, 0.1) is 11.6 Å². The Kier molecular flexibility index (Phi) is 6.79. The fourth-order valence-corrected chi connectivity index (χ4v) is 6.60. The Morgan fingerprint density at radius 2 is 1.71 bits per heavy atom. The third-order valence-electron chi connectivity index (χ3n) is 8.47. The summed E-state index contributed by atoms with van der Waals surface area (Å²) in [5.74, 6) is -6.70. The van der Waals surface area contributed by atoms with Crippen LogP contribution >= 0.6 is 0 Å². The maximum atomic E-state index is 14.1. The molecule has 10 nitrogen and oxygen atoms in total. The molecule has 0 bridgehead atoms. The van der Waals surface area contributed by atoms with Crippen molar-refractivity contribution >= 4 is 35.3 Å². The molecular weight excluding hydrogens is 526 g/mol. The maximum Gasteiger partial charge on any atom is 0.255 e. The van der Waals surface area contributed by atoms with Gasteiger partial charge in [-0.05, 0) is 50.0 Å². The summed E-state index contributed by atoms with van der Waals surface area (Å²) in [6, 6.07) is 10.2. The number of aliphatic hydroxyl groups is 3. The number of primary amides is 1. The van der Waals surface area contributed by atoms with Gasteiger partial charge in [0.15, 0.2) is 11.4 Å². The van der Waals surface area contributed by atoms with Crippen LogP contribution in [0.1, 0.15) is 33.5 Å². The fourth-order valence-electron chi connectivity index (χ4n) is 6.60. The summed E-state index contributed by atoms with van der Waals surface area (Å²) < 4.78 is 0. The van der Waals surface area contributed by atoms with Crippen molar-refractivity contribution < 1.29 is 34.8 Å². The molecule has 3 aliphatic carbocycles. The lowest BCUT2D eigenvalue weighted by Crippen LogP contribution is -2.63. The van der Waals surface area contributed by atoms with Crippen molar-refractivity contribution in [1.82, 2.24) is 4.90 Å². The largest absolute Gasteiger partial charge is 0.510 e. The lowest BCUT2D eigenvalue weighted by atomic mass is 9.58. The zero-order chi connectivity index (χ0) is 30.0. The summed E-state index contributed by atoms with van der Waals surface area (Å²) in [6.07, 6.45) is 3.75. The number of phenols is 1. The van der Waals surface area contributed by atoms with Gasteiger partial charge in [0.25, 0.3) is 5.91 Å². The highest BCUT2D eigenvalue weighted by Crippen LogP contribution is 2.53. The maximum absolute atomic E-state index is 14.1. The first-order valence-corrected chi connectivity index (χ1v) is 13.2. The van der Waals surface area contributed by atoms with Crippen LogP contribution < -0.4 is 10.6 Å². The predicted molar refractivity (Wildman–Crippen MR) is 153 cm³/mol. The molecule has 0 saturated heterocycles. The van der Waals surface area contributed by atoms with Crippen molar-refractivity contribution in [3.63, 3.8) is 0 Å². The summed E-state index contributed by atoms with van der Waals surface area (Å²) in [5.41, 5.74) is 4.21. The number of anilines is 1. The number of hydrogen-bond donors (Lipinski definition) is 5. The van der Waals surface area contributed by atoms with Crippen molar-refractivity contribution in [3.8, 4) is 5.75 Å². The molecule has 6 N–H and O–H groups in total. The van der Waals surface area contributed by atoms with Crippen LogP contribution in [-0.2, 0) is 16.0 Å². The third kappa shape index (κ3) is 4.13. The summed E-state index contributed by atoms with van der Waals surface area (Å²) in [4.78, 5) is 43.1. The average molecular weight is 560 g/mol. The number of carbonyl (C=O) groups is 3. The summed E-state index contributed by atoms with van der Waals surface area (Å²) in [5, 5.41) is 45.5. The average Bonchev–Trinajstić information content (AvgIpc) is 2.90. The molecule has 5 rings (SSSR count). The van der Waals surface area contributed by atoms with E-state index < -0.39 is 58.0 Å². The number of allylic oxidation sites excluding steroid dienone is 1. The summed E-state index contributed by atoms with van der Waals surface area (Å²) >= 11 is 0. The number of benzene rings is 2. The van der Waals surface area contributed by atoms with Crippen LogP contribution in [0.15, 0.2) is 59.1 Å². The number of aromatic hydroxyl groups is 1. The SMILES string of the molecule is CN(C)c1cc(/C=C/c2ccccc2)c(O)c2c1C[C@H]1C[C@H]3[C@H](N(C)C)C(O)=C(C(N)=O)C(=O)[C@@]3(O)C(O)=C1C2=O. The topological polar surface area (TPSA) is 165 Å². The minimum Gasteiger partial charge on any atom is -0.510 e. The molecule has 0 heterocycles. The lowest BCUT2D eigenvalue weighted by Gasteiger charge is -2.50. The van der Waals surface area contributed by atoms with Crippen LogP contribution in [0.4, 0.5) is 5.69 Å². The minimum atomic E-state index is -2.67. The first-order valence-electron chi connectivity index (χ1n) is 13.2. The Morgan fingerprint density at radius 1 is 1.05 bits per heavy atom. The quantitative estimate of drug-likeness (QED) is 0.273. The first-order chi connectivity index (χ1) is 19.3. The Morgan fingerprint density at radius 3 is 2.29 bits per heavy atom. The van der Waals surface area contributed by atoms with Gasteiger partial charge in [-0.2, -0.15) is 0 Å². The minimum absolute atomic E-state index is 0.0234. The first kappa shape index (κ1) is 28.1. The highest BCUT2D eigenvalue weighted by Gasteiger charge is 2.63. The second-order valence-corrected chi connectivity index (χ2v) is 11.3. The van der Waals surface area contributed by atoms with E-state index in [-0.39, 0.29) is 29.7 Å². The van der Waals surface area contributed by atoms with Gasteiger partial charge in [-0.15, -0.1) is 0 Å². The van der Waals surface area contributed by atoms with Crippen molar-refractivity contribution in [2.24, 2.45) is 17.6 Å². The molecule has 2 aromatic rings. The number of ketones is 2. The van der Waals surface area contributed by atoms with E-state index in [2.05, 4.69) is 0 Å². The van der Waals surface area contributed by atoms with E-state index in [4.69, 9.17) is 5.73 Å². The number of hydrogen-bond acceptors (Lipinski definition) is 9. The molecule has 0 fully saturated rings. The number of Topliss-reactive ketones (excluding diaryl/α,β-unsaturated/α-hetero) is 2. The molecule has 0 aromatic heterocycles. The van der Waals surface area contributed by atoms with Gasteiger partial charge < -0.3 is 31.1 Å². The molecule has 3 aliphatic rings. The Labute approximate surface area is 237 Å². The number of amides is 1. The van der Waals surface area contributed by atoms with Gasteiger partial charge in [0.2, 0.25) is 5.78 Å². The van der Waals surface area contributed by atoms with Gasteiger partial charge in [0, 0.05) is 36.8 Å². The molecule has 10 heteroatoms. The van der Waals surface area contributed by atoms with Crippen molar-refractivity contribution in [2.75, 3.05) is 33.1 Å². The molecule has 0 unspecified atom stereocenters. The van der Waals surface area contributed by atoms with E-state index in [1.54, 1.807) is 32.3 Å². The number of fused-ring (bicyclic) bond motifs is 3. The zero-order valence-corrected chi connectivity index (χ0v) is 23.3. The zero-order valence-electron chi connectivity index (χ0n) is 23.3. The van der Waals surface area contributed by atoms with Gasteiger partial charge in [0.1, 0.15) is 22.8 Å². The van der Waals surface area contributed by atoms with E-state index in [0.29, 0.717) is 16.8 Å². The Balaban J connectivity index is 1.70. The van der Waals surface area contributed by atoms with Crippen molar-refractivity contribution in [3.05, 3.63) is 81.3 Å². The number of aliphatic hydroxyl groups excluding tert-OH is 2. The van der Waals surface area contributed by atoms with Gasteiger partial charge >= 0.3 is 0 Å². The Bertz CT molecular complexity index is 1570. The number of likely N-dealkylation sites (N-methyl/N-ethyl adjacent to an activating group) is 1. The Hall–Kier alpha value is -4.41. The molecule has 0 aliphatic heterocycles. The molecule has 0 spiro atoms. The second kappa shape index (κ2) is 9.90. The van der Waals surface area contributed by atoms with Gasteiger partial charge in [-0.25, -0.2) is 0 Å². The molecular formula is C31H33N3O7. The van der Waals surface area contributed by atoms with E-state index in [1.807, 2.05) is 49.3 Å². The highest BCUT2D eigenvalue weighted by molar-refractivity contribution is 6.25. The van der Waals surface area contributed by atoms with E-state index in [9.17, 15) is 34.8 Å².